The number of aryl methyl sites for hydroxylation is 1. The Morgan fingerprint density at radius 3 is 3.00 bits per heavy atom. The first-order valence-corrected chi connectivity index (χ1v) is 8.87. The highest BCUT2D eigenvalue weighted by atomic mass is 19.1. The van der Waals surface area contributed by atoms with Gasteiger partial charge < -0.3 is 15.2 Å². The van der Waals surface area contributed by atoms with E-state index in [0.717, 1.165) is 35.3 Å². The number of hydrogen-bond donors (Lipinski definition) is 2. The highest BCUT2D eigenvalue weighted by Gasteiger charge is 2.27. The van der Waals surface area contributed by atoms with Gasteiger partial charge in [0.05, 0.1) is 16.7 Å². The van der Waals surface area contributed by atoms with Gasteiger partial charge in [-0.1, -0.05) is 18.2 Å². The summed E-state index contributed by atoms with van der Waals surface area (Å²) in [6, 6.07) is 12.3. The number of carbonyl (C=O) groups is 1. The van der Waals surface area contributed by atoms with Crippen LogP contribution in [0.1, 0.15) is 30.1 Å². The smallest absolute Gasteiger partial charge is 0.321 e. The van der Waals surface area contributed by atoms with Crippen molar-refractivity contribution in [2.45, 2.75) is 25.7 Å². The van der Waals surface area contributed by atoms with E-state index < -0.39 is 5.82 Å². The van der Waals surface area contributed by atoms with E-state index in [-0.39, 0.29) is 17.6 Å². The first-order valence-electron chi connectivity index (χ1n) is 8.87. The molecule has 134 valence electrons. The lowest BCUT2D eigenvalue weighted by Gasteiger charge is -2.32. The number of para-hydroxylation sites is 2. The Hall–Kier alpha value is -2.89. The molecule has 0 spiro atoms. The van der Waals surface area contributed by atoms with Crippen LogP contribution in [-0.2, 0) is 0 Å². The van der Waals surface area contributed by atoms with Crippen molar-refractivity contribution < 1.29 is 9.18 Å². The molecule has 2 aromatic carbocycles. The van der Waals surface area contributed by atoms with E-state index in [2.05, 4.69) is 15.3 Å². The number of imidazole rings is 1. The number of anilines is 1. The molecule has 2 heterocycles. The normalized spacial score (nSPS) is 17.5. The molecule has 1 aliphatic rings. The molecule has 1 aromatic heterocycles. The average molecular weight is 352 g/mol. The van der Waals surface area contributed by atoms with Crippen molar-refractivity contribution in [1.29, 1.82) is 0 Å². The Balaban J connectivity index is 1.49. The summed E-state index contributed by atoms with van der Waals surface area (Å²) in [5, 5.41) is 2.70. The molecule has 4 rings (SSSR count). The summed E-state index contributed by atoms with van der Waals surface area (Å²) in [6.07, 6.45) is 1.87. The molecule has 6 heteroatoms. The number of H-pyrrole nitrogens is 1. The summed E-state index contributed by atoms with van der Waals surface area (Å²) in [5.41, 5.74) is 3.07. The van der Waals surface area contributed by atoms with Crippen LogP contribution in [0.25, 0.3) is 11.0 Å². The predicted molar refractivity (Wildman–Crippen MR) is 99.8 cm³/mol. The third-order valence-corrected chi connectivity index (χ3v) is 4.87. The number of aromatic amines is 1. The molecule has 0 saturated carbocycles. The van der Waals surface area contributed by atoms with Crippen molar-refractivity contribution >= 4 is 22.8 Å². The number of rotatable bonds is 2. The first-order chi connectivity index (χ1) is 12.6. The minimum absolute atomic E-state index is 0.157. The molecule has 1 unspecified atom stereocenters. The van der Waals surface area contributed by atoms with Crippen molar-refractivity contribution in [3.05, 3.63) is 59.7 Å². The summed E-state index contributed by atoms with van der Waals surface area (Å²) in [5.74, 6) is 0.643. The summed E-state index contributed by atoms with van der Waals surface area (Å²) in [7, 11) is 0. The summed E-state index contributed by atoms with van der Waals surface area (Å²) < 4.78 is 13.9. The number of carbonyl (C=O) groups excluding carboxylic acids is 1. The molecule has 2 amide bonds. The van der Waals surface area contributed by atoms with E-state index in [1.54, 1.807) is 17.0 Å². The molecular weight excluding hydrogens is 331 g/mol. The van der Waals surface area contributed by atoms with E-state index in [0.29, 0.717) is 13.1 Å². The van der Waals surface area contributed by atoms with Crippen LogP contribution < -0.4 is 5.32 Å². The zero-order valence-electron chi connectivity index (χ0n) is 14.6. The Kier molecular flexibility index (Phi) is 4.32. The van der Waals surface area contributed by atoms with Gasteiger partial charge in [-0.25, -0.2) is 14.2 Å². The molecule has 0 aliphatic carbocycles. The Morgan fingerprint density at radius 1 is 1.31 bits per heavy atom. The molecule has 2 N–H and O–H groups in total. The van der Waals surface area contributed by atoms with E-state index in [1.807, 2.05) is 31.2 Å². The van der Waals surface area contributed by atoms with Crippen LogP contribution in [0.2, 0.25) is 0 Å². The highest BCUT2D eigenvalue weighted by Crippen LogP contribution is 2.27. The topological polar surface area (TPSA) is 61.0 Å². The van der Waals surface area contributed by atoms with Gasteiger partial charge in [0.25, 0.3) is 0 Å². The number of aromatic nitrogens is 2. The third kappa shape index (κ3) is 3.27. The van der Waals surface area contributed by atoms with Gasteiger partial charge >= 0.3 is 6.03 Å². The maximum absolute atomic E-state index is 13.9. The van der Waals surface area contributed by atoms with Crippen molar-refractivity contribution in [3.8, 4) is 0 Å². The molecule has 0 radical (unpaired) electrons. The summed E-state index contributed by atoms with van der Waals surface area (Å²) in [4.78, 5) is 22.4. The fourth-order valence-corrected chi connectivity index (χ4v) is 3.48. The minimum Gasteiger partial charge on any atom is -0.342 e. The zero-order chi connectivity index (χ0) is 18.1. The largest absolute Gasteiger partial charge is 0.342 e. The number of amides is 2. The van der Waals surface area contributed by atoms with Crippen LogP contribution in [0.3, 0.4) is 0 Å². The number of piperidine rings is 1. The number of fused-ring (bicyclic) bond motifs is 1. The van der Waals surface area contributed by atoms with Crippen LogP contribution in [0, 0.1) is 12.7 Å². The molecule has 1 aliphatic heterocycles. The Labute approximate surface area is 151 Å². The minimum atomic E-state index is -0.421. The summed E-state index contributed by atoms with van der Waals surface area (Å²) in [6.45, 7) is 3.10. The molecule has 26 heavy (non-hydrogen) atoms. The van der Waals surface area contributed by atoms with Crippen LogP contribution in [0.5, 0.6) is 0 Å². The molecular formula is C20H21FN4O. The maximum Gasteiger partial charge on any atom is 0.321 e. The van der Waals surface area contributed by atoms with E-state index in [1.165, 1.54) is 6.07 Å². The molecule has 1 saturated heterocycles. The lowest BCUT2D eigenvalue weighted by molar-refractivity contribution is 0.191. The SMILES string of the molecule is Cc1ccc(F)c(NC(=O)N2CCCC(c3nc4ccccc4[nH]3)C2)c1. The van der Waals surface area contributed by atoms with Gasteiger partial charge in [0.1, 0.15) is 11.6 Å². The zero-order valence-corrected chi connectivity index (χ0v) is 14.6. The molecule has 1 atom stereocenters. The van der Waals surface area contributed by atoms with Crippen LogP contribution in [0.4, 0.5) is 14.9 Å². The average Bonchev–Trinajstić information content (AvgIpc) is 3.09. The Bertz CT molecular complexity index is 919. The van der Waals surface area contributed by atoms with Crippen molar-refractivity contribution in [2.75, 3.05) is 18.4 Å². The molecule has 5 nitrogen and oxygen atoms in total. The molecule has 1 fully saturated rings. The number of benzene rings is 2. The lowest BCUT2D eigenvalue weighted by atomic mass is 9.97. The molecule has 3 aromatic rings. The van der Waals surface area contributed by atoms with Crippen molar-refractivity contribution in [3.63, 3.8) is 0 Å². The number of halogens is 1. The quantitative estimate of drug-likeness (QED) is 0.717. The third-order valence-electron chi connectivity index (χ3n) is 4.87. The fraction of sp³-hybridized carbons (Fsp3) is 0.300. The Morgan fingerprint density at radius 2 is 2.15 bits per heavy atom. The van der Waals surface area contributed by atoms with Crippen LogP contribution in [-0.4, -0.2) is 34.0 Å². The second kappa shape index (κ2) is 6.78. The van der Waals surface area contributed by atoms with Gasteiger partial charge in [0.2, 0.25) is 0 Å². The van der Waals surface area contributed by atoms with Gasteiger partial charge in [-0.2, -0.15) is 0 Å². The number of urea groups is 1. The predicted octanol–water partition coefficient (Wildman–Crippen LogP) is 4.42. The van der Waals surface area contributed by atoms with Gasteiger partial charge in [-0.3, -0.25) is 0 Å². The van der Waals surface area contributed by atoms with E-state index in [4.69, 9.17) is 0 Å². The standard InChI is InChI=1S/C20H21FN4O/c1-13-8-9-15(21)18(11-13)24-20(26)25-10-4-5-14(12-25)19-22-16-6-2-3-7-17(16)23-19/h2-3,6-9,11,14H,4-5,10,12H2,1H3,(H,22,23)(H,24,26). The van der Waals surface area contributed by atoms with Gasteiger partial charge in [0.15, 0.2) is 0 Å². The van der Waals surface area contributed by atoms with Crippen molar-refractivity contribution in [1.82, 2.24) is 14.9 Å². The van der Waals surface area contributed by atoms with Gasteiger partial charge in [-0.15, -0.1) is 0 Å². The monoisotopic (exact) mass is 352 g/mol. The number of nitrogens with one attached hydrogen (secondary N) is 2. The van der Waals surface area contributed by atoms with E-state index in [9.17, 15) is 9.18 Å². The van der Waals surface area contributed by atoms with E-state index >= 15 is 0 Å². The second-order valence-corrected chi connectivity index (χ2v) is 6.84. The van der Waals surface area contributed by atoms with Crippen LogP contribution >= 0.6 is 0 Å². The summed E-state index contributed by atoms with van der Waals surface area (Å²) >= 11 is 0. The van der Waals surface area contributed by atoms with Gasteiger partial charge in [0, 0.05) is 19.0 Å². The van der Waals surface area contributed by atoms with Gasteiger partial charge in [-0.05, 0) is 49.6 Å². The van der Waals surface area contributed by atoms with Crippen molar-refractivity contribution in [2.24, 2.45) is 0 Å². The highest BCUT2D eigenvalue weighted by molar-refractivity contribution is 5.89. The number of nitrogens with zero attached hydrogens (tertiary/aromatic N) is 2. The van der Waals surface area contributed by atoms with Crippen LogP contribution in [0.15, 0.2) is 42.5 Å². The molecule has 0 bridgehead atoms. The second-order valence-electron chi connectivity index (χ2n) is 6.84. The number of likely N-dealkylation sites (tertiary alicyclic amines) is 1. The fourth-order valence-electron chi connectivity index (χ4n) is 3.48. The maximum atomic E-state index is 13.9. The lowest BCUT2D eigenvalue weighted by Crippen LogP contribution is -2.42. The first kappa shape index (κ1) is 16.6. The number of hydrogen-bond acceptors (Lipinski definition) is 2.